The Hall–Kier alpha value is -2.51. The van der Waals surface area contributed by atoms with Crippen LogP contribution in [0.15, 0.2) is 34.7 Å². The van der Waals surface area contributed by atoms with Crippen LogP contribution < -0.4 is 9.47 Å². The Morgan fingerprint density at radius 2 is 2.07 bits per heavy atom. The van der Waals surface area contributed by atoms with E-state index in [4.69, 9.17) is 23.4 Å². The highest BCUT2D eigenvalue weighted by molar-refractivity contribution is 5.86. The van der Waals surface area contributed by atoms with Crippen LogP contribution in [0.2, 0.25) is 0 Å². The number of carbonyl (C=O) groups excluding carboxylic acids is 1. The summed E-state index contributed by atoms with van der Waals surface area (Å²) in [4.78, 5) is 13.9. The molecule has 2 aromatic rings. The Morgan fingerprint density at radius 1 is 1.19 bits per heavy atom. The molecule has 4 rings (SSSR count). The largest absolute Gasteiger partial charge is 0.463 e. The standard InChI is InChI=1S/C20H23NO6/c1-23-20(22)18-7-5-16(27-18)12-21(11-15-3-2-8-24-15)10-14-4-6-17-19(9-14)26-13-25-17/h4-7,9,15H,2-3,8,10-13H2,1H3. The smallest absolute Gasteiger partial charge is 0.373 e. The Labute approximate surface area is 157 Å². The quantitative estimate of drug-likeness (QED) is 0.691. The van der Waals surface area contributed by atoms with Gasteiger partial charge in [0.05, 0.1) is 19.8 Å². The van der Waals surface area contributed by atoms with Crippen molar-refractivity contribution in [2.75, 3.05) is 27.1 Å². The number of ether oxygens (including phenoxy) is 4. The van der Waals surface area contributed by atoms with E-state index in [1.807, 2.05) is 24.3 Å². The molecule has 0 N–H and O–H groups in total. The Kier molecular flexibility index (Phi) is 5.31. The predicted molar refractivity (Wildman–Crippen MR) is 95.7 cm³/mol. The van der Waals surface area contributed by atoms with Crippen molar-refractivity contribution in [3.8, 4) is 11.5 Å². The second-order valence-electron chi connectivity index (χ2n) is 6.75. The maximum atomic E-state index is 11.6. The lowest BCUT2D eigenvalue weighted by Crippen LogP contribution is -2.31. The van der Waals surface area contributed by atoms with E-state index < -0.39 is 5.97 Å². The highest BCUT2D eigenvalue weighted by Gasteiger charge is 2.22. The third-order valence-corrected chi connectivity index (χ3v) is 4.76. The lowest BCUT2D eigenvalue weighted by molar-refractivity contribution is 0.0548. The first kappa shape index (κ1) is 17.9. The van der Waals surface area contributed by atoms with Crippen molar-refractivity contribution in [3.05, 3.63) is 47.4 Å². The van der Waals surface area contributed by atoms with E-state index >= 15 is 0 Å². The van der Waals surface area contributed by atoms with Crippen molar-refractivity contribution in [2.45, 2.75) is 32.0 Å². The van der Waals surface area contributed by atoms with Crippen LogP contribution in [0.25, 0.3) is 0 Å². The summed E-state index contributed by atoms with van der Waals surface area (Å²) in [5.41, 5.74) is 1.12. The molecule has 2 aliphatic rings. The number of benzene rings is 1. The molecular formula is C20H23NO6. The van der Waals surface area contributed by atoms with Crippen LogP contribution >= 0.6 is 0 Å². The lowest BCUT2D eigenvalue weighted by atomic mass is 10.1. The average molecular weight is 373 g/mol. The number of fused-ring (bicyclic) bond motifs is 1. The third kappa shape index (κ3) is 4.26. The number of carbonyl (C=O) groups is 1. The monoisotopic (exact) mass is 373 g/mol. The maximum Gasteiger partial charge on any atom is 0.373 e. The molecule has 3 heterocycles. The predicted octanol–water partition coefficient (Wildman–Crippen LogP) is 2.98. The first-order valence-electron chi connectivity index (χ1n) is 9.11. The van der Waals surface area contributed by atoms with Crippen LogP contribution in [-0.4, -0.2) is 44.0 Å². The molecule has 0 amide bonds. The number of methoxy groups -OCH3 is 1. The molecule has 144 valence electrons. The molecule has 7 heteroatoms. The molecule has 1 saturated heterocycles. The minimum absolute atomic E-state index is 0.215. The van der Waals surface area contributed by atoms with E-state index in [9.17, 15) is 4.79 Å². The zero-order chi connectivity index (χ0) is 18.6. The van der Waals surface area contributed by atoms with Gasteiger partial charge < -0.3 is 23.4 Å². The second kappa shape index (κ2) is 8.02. The van der Waals surface area contributed by atoms with Crippen molar-refractivity contribution >= 4 is 5.97 Å². The maximum absolute atomic E-state index is 11.6. The van der Waals surface area contributed by atoms with Crippen molar-refractivity contribution in [2.24, 2.45) is 0 Å². The van der Waals surface area contributed by atoms with Gasteiger partial charge in [-0.15, -0.1) is 0 Å². The molecule has 7 nitrogen and oxygen atoms in total. The van der Waals surface area contributed by atoms with E-state index in [0.29, 0.717) is 18.8 Å². The summed E-state index contributed by atoms with van der Waals surface area (Å²) < 4.78 is 27.0. The van der Waals surface area contributed by atoms with Crippen LogP contribution in [0.1, 0.15) is 34.7 Å². The lowest BCUT2D eigenvalue weighted by Gasteiger charge is -2.24. The fourth-order valence-corrected chi connectivity index (χ4v) is 3.45. The van der Waals surface area contributed by atoms with E-state index in [0.717, 1.165) is 43.1 Å². The molecule has 1 unspecified atom stereocenters. The number of hydrogen-bond donors (Lipinski definition) is 0. The van der Waals surface area contributed by atoms with Gasteiger partial charge in [0.1, 0.15) is 5.76 Å². The fourth-order valence-electron chi connectivity index (χ4n) is 3.45. The number of rotatable bonds is 7. The summed E-state index contributed by atoms with van der Waals surface area (Å²) in [6.45, 7) is 3.16. The Bertz CT molecular complexity index is 796. The van der Waals surface area contributed by atoms with Crippen molar-refractivity contribution in [3.63, 3.8) is 0 Å². The van der Waals surface area contributed by atoms with Gasteiger partial charge in [0.25, 0.3) is 0 Å². The zero-order valence-electron chi connectivity index (χ0n) is 15.3. The second-order valence-corrected chi connectivity index (χ2v) is 6.75. The van der Waals surface area contributed by atoms with Gasteiger partial charge in [0, 0.05) is 19.7 Å². The Morgan fingerprint density at radius 3 is 2.89 bits per heavy atom. The molecule has 0 bridgehead atoms. The van der Waals surface area contributed by atoms with Gasteiger partial charge in [-0.05, 0) is 42.7 Å². The highest BCUT2D eigenvalue weighted by atomic mass is 16.7. The summed E-state index contributed by atoms with van der Waals surface area (Å²) >= 11 is 0. The van der Waals surface area contributed by atoms with E-state index in [1.54, 1.807) is 6.07 Å². The van der Waals surface area contributed by atoms with Gasteiger partial charge in [-0.3, -0.25) is 4.90 Å². The first-order valence-corrected chi connectivity index (χ1v) is 9.11. The molecule has 0 aliphatic carbocycles. The fraction of sp³-hybridized carbons (Fsp3) is 0.450. The van der Waals surface area contributed by atoms with Gasteiger partial charge in [0.2, 0.25) is 12.6 Å². The van der Waals surface area contributed by atoms with Crippen molar-refractivity contribution in [1.82, 2.24) is 4.90 Å². The number of nitrogens with zero attached hydrogens (tertiary/aromatic N) is 1. The van der Waals surface area contributed by atoms with Gasteiger partial charge in [0.15, 0.2) is 11.5 Å². The molecule has 27 heavy (non-hydrogen) atoms. The molecule has 2 aliphatic heterocycles. The number of furan rings is 1. The minimum Gasteiger partial charge on any atom is -0.463 e. The van der Waals surface area contributed by atoms with Gasteiger partial charge in [-0.2, -0.15) is 0 Å². The number of esters is 1. The number of hydrogen-bond acceptors (Lipinski definition) is 7. The van der Waals surface area contributed by atoms with Gasteiger partial charge >= 0.3 is 5.97 Å². The third-order valence-electron chi connectivity index (χ3n) is 4.76. The van der Waals surface area contributed by atoms with Gasteiger partial charge in [-0.1, -0.05) is 6.07 Å². The van der Waals surface area contributed by atoms with E-state index in [2.05, 4.69) is 4.90 Å². The van der Waals surface area contributed by atoms with Crippen LogP contribution in [-0.2, 0) is 22.6 Å². The molecule has 0 radical (unpaired) electrons. The molecule has 1 fully saturated rings. The molecule has 1 atom stereocenters. The average Bonchev–Trinajstić information content (AvgIpc) is 3.42. The SMILES string of the molecule is COC(=O)c1ccc(CN(Cc2ccc3c(c2)OCO3)CC2CCCO2)o1. The van der Waals surface area contributed by atoms with Gasteiger partial charge in [-0.25, -0.2) is 4.79 Å². The summed E-state index contributed by atoms with van der Waals surface area (Å²) in [6.07, 6.45) is 2.37. The van der Waals surface area contributed by atoms with E-state index in [1.165, 1.54) is 7.11 Å². The highest BCUT2D eigenvalue weighted by Crippen LogP contribution is 2.33. The molecule has 1 aromatic carbocycles. The minimum atomic E-state index is -0.470. The van der Waals surface area contributed by atoms with Crippen molar-refractivity contribution in [1.29, 1.82) is 0 Å². The zero-order valence-corrected chi connectivity index (χ0v) is 15.3. The van der Waals surface area contributed by atoms with Crippen LogP contribution in [0.4, 0.5) is 0 Å². The van der Waals surface area contributed by atoms with Crippen molar-refractivity contribution < 1.29 is 28.2 Å². The van der Waals surface area contributed by atoms with Crippen LogP contribution in [0.3, 0.4) is 0 Å². The summed E-state index contributed by atoms with van der Waals surface area (Å²) in [7, 11) is 1.34. The Balaban J connectivity index is 1.48. The van der Waals surface area contributed by atoms with E-state index in [-0.39, 0.29) is 18.7 Å². The summed E-state index contributed by atoms with van der Waals surface area (Å²) in [6, 6.07) is 9.44. The van der Waals surface area contributed by atoms with Crippen LogP contribution in [0, 0.1) is 0 Å². The normalized spacial score (nSPS) is 18.2. The topological polar surface area (TPSA) is 70.4 Å². The first-order chi connectivity index (χ1) is 13.2. The van der Waals surface area contributed by atoms with Crippen LogP contribution in [0.5, 0.6) is 11.5 Å². The molecule has 1 aromatic heterocycles. The molecule has 0 spiro atoms. The molecule has 0 saturated carbocycles. The summed E-state index contributed by atoms with van der Waals surface area (Å²) in [5, 5.41) is 0. The summed E-state index contributed by atoms with van der Waals surface area (Å²) in [5.74, 6) is 2.01. The molecular weight excluding hydrogens is 350 g/mol.